The van der Waals surface area contributed by atoms with Gasteiger partial charge in [-0.1, -0.05) is 11.6 Å². The Kier molecular flexibility index (Phi) is 5.76. The molecule has 0 saturated heterocycles. The number of nitrogens with one attached hydrogen (secondary N) is 1. The first-order valence-electron chi connectivity index (χ1n) is 3.69. The van der Waals surface area contributed by atoms with Crippen LogP contribution in [0.4, 0.5) is 0 Å². The summed E-state index contributed by atoms with van der Waals surface area (Å²) in [6, 6.07) is -0.290. The van der Waals surface area contributed by atoms with Crippen molar-refractivity contribution in [2.75, 3.05) is 13.7 Å². The van der Waals surface area contributed by atoms with Crippen LogP contribution in [0.1, 0.15) is 13.8 Å². The first-order chi connectivity index (χ1) is 5.61. The second-order valence-corrected chi connectivity index (χ2v) is 2.80. The molecule has 1 unspecified atom stereocenters. The monoisotopic (exact) mass is 191 g/mol. The SMILES string of the molecule is COC(=O)C(C)NCC(C)=CCl. The van der Waals surface area contributed by atoms with Crippen LogP contribution in [0.25, 0.3) is 0 Å². The largest absolute Gasteiger partial charge is 0.468 e. The number of esters is 1. The number of hydrogen-bond acceptors (Lipinski definition) is 3. The Hall–Kier alpha value is -0.540. The maximum Gasteiger partial charge on any atom is 0.322 e. The number of carbonyl (C=O) groups excluding carboxylic acids is 1. The molecule has 0 fully saturated rings. The molecule has 0 aromatic heterocycles. The number of carbonyl (C=O) groups is 1. The van der Waals surface area contributed by atoms with Gasteiger partial charge in [0, 0.05) is 12.1 Å². The summed E-state index contributed by atoms with van der Waals surface area (Å²) in [5.74, 6) is -0.266. The first kappa shape index (κ1) is 11.5. The minimum absolute atomic E-state index is 0.266. The van der Waals surface area contributed by atoms with Crippen molar-refractivity contribution in [3.05, 3.63) is 11.1 Å². The molecule has 3 nitrogen and oxygen atoms in total. The van der Waals surface area contributed by atoms with E-state index < -0.39 is 0 Å². The molecule has 0 saturated carbocycles. The van der Waals surface area contributed by atoms with Gasteiger partial charge in [-0.25, -0.2) is 0 Å². The molecule has 12 heavy (non-hydrogen) atoms. The molecule has 0 aliphatic rings. The standard InChI is InChI=1S/C8H14ClNO2/c1-6(4-9)5-10-7(2)8(11)12-3/h4,7,10H,5H2,1-3H3. The lowest BCUT2D eigenvalue weighted by atomic mass is 10.3. The average molecular weight is 192 g/mol. The van der Waals surface area contributed by atoms with Crippen molar-refractivity contribution in [2.45, 2.75) is 19.9 Å². The van der Waals surface area contributed by atoms with E-state index in [0.29, 0.717) is 6.54 Å². The molecule has 1 atom stereocenters. The van der Waals surface area contributed by atoms with Crippen molar-refractivity contribution in [3.63, 3.8) is 0 Å². The maximum atomic E-state index is 10.9. The Labute approximate surface area is 77.7 Å². The van der Waals surface area contributed by atoms with Crippen LogP contribution in [-0.2, 0) is 9.53 Å². The zero-order chi connectivity index (χ0) is 9.56. The van der Waals surface area contributed by atoms with Crippen LogP contribution in [0, 0.1) is 0 Å². The minimum Gasteiger partial charge on any atom is -0.468 e. The molecular weight excluding hydrogens is 178 g/mol. The lowest BCUT2D eigenvalue weighted by Crippen LogP contribution is -2.35. The highest BCUT2D eigenvalue weighted by atomic mass is 35.5. The van der Waals surface area contributed by atoms with E-state index in [-0.39, 0.29) is 12.0 Å². The van der Waals surface area contributed by atoms with Gasteiger partial charge in [-0.2, -0.15) is 0 Å². The molecule has 0 radical (unpaired) electrons. The van der Waals surface area contributed by atoms with Crippen molar-refractivity contribution >= 4 is 17.6 Å². The summed E-state index contributed by atoms with van der Waals surface area (Å²) in [5.41, 5.74) is 2.46. The van der Waals surface area contributed by atoms with Gasteiger partial charge in [-0.15, -0.1) is 0 Å². The van der Waals surface area contributed by atoms with E-state index in [1.807, 2.05) is 6.92 Å². The van der Waals surface area contributed by atoms with Crippen LogP contribution >= 0.6 is 11.6 Å². The number of methoxy groups -OCH3 is 1. The maximum absolute atomic E-state index is 10.9. The van der Waals surface area contributed by atoms with E-state index in [4.69, 9.17) is 11.6 Å². The molecule has 1 N–H and O–H groups in total. The van der Waals surface area contributed by atoms with Gasteiger partial charge in [-0.05, 0) is 19.4 Å². The van der Waals surface area contributed by atoms with Gasteiger partial charge in [-0.3, -0.25) is 4.79 Å². The smallest absolute Gasteiger partial charge is 0.322 e. The molecule has 0 rings (SSSR count). The third kappa shape index (κ3) is 4.36. The predicted octanol–water partition coefficient (Wildman–Crippen LogP) is 1.28. The van der Waals surface area contributed by atoms with Crippen LogP contribution in [0.3, 0.4) is 0 Å². The van der Waals surface area contributed by atoms with Crippen molar-refractivity contribution in [1.82, 2.24) is 5.32 Å². The van der Waals surface area contributed by atoms with Crippen LogP contribution in [0.2, 0.25) is 0 Å². The van der Waals surface area contributed by atoms with Gasteiger partial charge in [0.05, 0.1) is 7.11 Å². The van der Waals surface area contributed by atoms with Gasteiger partial charge in [0.2, 0.25) is 0 Å². The number of rotatable bonds is 4. The van der Waals surface area contributed by atoms with Gasteiger partial charge >= 0.3 is 5.97 Å². The Morgan fingerprint density at radius 3 is 2.75 bits per heavy atom. The van der Waals surface area contributed by atoms with E-state index in [2.05, 4.69) is 10.1 Å². The average Bonchev–Trinajstić information content (AvgIpc) is 2.11. The third-order valence-corrected chi connectivity index (χ3v) is 1.80. The Morgan fingerprint density at radius 2 is 2.33 bits per heavy atom. The highest BCUT2D eigenvalue weighted by molar-refractivity contribution is 6.25. The second kappa shape index (κ2) is 6.03. The van der Waals surface area contributed by atoms with Gasteiger partial charge < -0.3 is 10.1 Å². The van der Waals surface area contributed by atoms with E-state index in [1.165, 1.54) is 12.6 Å². The lowest BCUT2D eigenvalue weighted by Gasteiger charge is -2.10. The topological polar surface area (TPSA) is 38.3 Å². The third-order valence-electron chi connectivity index (χ3n) is 1.43. The van der Waals surface area contributed by atoms with Crippen molar-refractivity contribution in [2.24, 2.45) is 0 Å². The summed E-state index contributed by atoms with van der Waals surface area (Å²) in [7, 11) is 1.37. The molecule has 0 aromatic rings. The quantitative estimate of drug-likeness (QED) is 0.681. The molecule has 70 valence electrons. The Bertz CT molecular complexity index is 180. The Balaban J connectivity index is 3.71. The summed E-state index contributed by atoms with van der Waals surface area (Å²) < 4.78 is 4.52. The van der Waals surface area contributed by atoms with Crippen LogP contribution in [0.15, 0.2) is 11.1 Å². The van der Waals surface area contributed by atoms with Gasteiger partial charge in [0.15, 0.2) is 0 Å². The van der Waals surface area contributed by atoms with E-state index >= 15 is 0 Å². The van der Waals surface area contributed by atoms with Crippen LogP contribution < -0.4 is 5.32 Å². The molecule has 0 spiro atoms. The second-order valence-electron chi connectivity index (χ2n) is 2.58. The van der Waals surface area contributed by atoms with Crippen molar-refractivity contribution in [3.8, 4) is 0 Å². The Morgan fingerprint density at radius 1 is 1.75 bits per heavy atom. The van der Waals surface area contributed by atoms with Gasteiger partial charge in [0.1, 0.15) is 6.04 Å². The highest BCUT2D eigenvalue weighted by Crippen LogP contribution is 1.94. The molecular formula is C8H14ClNO2. The molecule has 4 heteroatoms. The fourth-order valence-electron chi connectivity index (χ4n) is 0.613. The fourth-order valence-corrected chi connectivity index (χ4v) is 0.690. The molecule has 0 aliphatic heterocycles. The summed E-state index contributed by atoms with van der Waals surface area (Å²) in [4.78, 5) is 10.9. The van der Waals surface area contributed by atoms with Crippen molar-refractivity contribution in [1.29, 1.82) is 0 Å². The normalized spacial score (nSPS) is 14.2. The summed E-state index contributed by atoms with van der Waals surface area (Å²) in [6.45, 7) is 4.22. The minimum atomic E-state index is -0.290. The van der Waals surface area contributed by atoms with Crippen molar-refractivity contribution < 1.29 is 9.53 Å². The molecule has 0 aliphatic carbocycles. The highest BCUT2D eigenvalue weighted by Gasteiger charge is 2.10. The summed E-state index contributed by atoms with van der Waals surface area (Å²) in [5, 5.41) is 2.96. The number of ether oxygens (including phenoxy) is 1. The van der Waals surface area contributed by atoms with E-state index in [1.54, 1.807) is 6.92 Å². The molecule has 0 aromatic carbocycles. The zero-order valence-corrected chi connectivity index (χ0v) is 8.31. The van der Waals surface area contributed by atoms with E-state index in [9.17, 15) is 4.79 Å². The lowest BCUT2D eigenvalue weighted by molar-refractivity contribution is -0.142. The molecule has 0 amide bonds. The number of hydrogen-bond donors (Lipinski definition) is 1. The zero-order valence-electron chi connectivity index (χ0n) is 7.56. The van der Waals surface area contributed by atoms with Crippen LogP contribution in [0.5, 0.6) is 0 Å². The number of halogens is 1. The van der Waals surface area contributed by atoms with Gasteiger partial charge in [0.25, 0.3) is 0 Å². The van der Waals surface area contributed by atoms with Crippen LogP contribution in [-0.4, -0.2) is 25.7 Å². The summed E-state index contributed by atoms with van der Waals surface area (Å²) >= 11 is 5.43. The molecule has 0 bridgehead atoms. The molecule has 0 heterocycles. The predicted molar refractivity (Wildman–Crippen MR) is 49.1 cm³/mol. The summed E-state index contributed by atoms with van der Waals surface area (Å²) in [6.07, 6.45) is 0. The first-order valence-corrected chi connectivity index (χ1v) is 4.12. The van der Waals surface area contributed by atoms with E-state index in [0.717, 1.165) is 5.57 Å². The fraction of sp³-hybridized carbons (Fsp3) is 0.625.